The van der Waals surface area contributed by atoms with Gasteiger partial charge < -0.3 is 4.74 Å². The van der Waals surface area contributed by atoms with Crippen molar-refractivity contribution in [3.63, 3.8) is 0 Å². The van der Waals surface area contributed by atoms with Gasteiger partial charge in [0.15, 0.2) is 0 Å². The van der Waals surface area contributed by atoms with Gasteiger partial charge in [-0.3, -0.25) is 0 Å². The zero-order valence-electron chi connectivity index (χ0n) is 7.87. The zero-order valence-corrected chi connectivity index (χ0v) is 8.63. The van der Waals surface area contributed by atoms with E-state index in [1.54, 1.807) is 6.92 Å². The Labute approximate surface area is 86.6 Å². The smallest absolute Gasteiger partial charge is 0.338 e. The summed E-state index contributed by atoms with van der Waals surface area (Å²) in [5.41, 5.74) is 1.19. The van der Waals surface area contributed by atoms with E-state index in [1.807, 2.05) is 0 Å². The molecule has 0 fully saturated rings. The molecule has 1 aromatic rings. The lowest BCUT2D eigenvalue weighted by atomic mass is 10.1. The molecule has 5 heteroatoms. The lowest BCUT2D eigenvalue weighted by molar-refractivity contribution is -0.133. The van der Waals surface area contributed by atoms with Crippen LogP contribution in [0.15, 0.2) is 12.9 Å². The lowest BCUT2D eigenvalue weighted by Crippen LogP contribution is -2.06. The molecule has 0 aliphatic rings. The summed E-state index contributed by atoms with van der Waals surface area (Å²) in [5, 5.41) is 0.202. The van der Waals surface area contributed by atoms with Gasteiger partial charge in [0.2, 0.25) is 0 Å². The predicted molar refractivity (Wildman–Crippen MR) is 52.8 cm³/mol. The van der Waals surface area contributed by atoms with Crippen LogP contribution >= 0.6 is 11.6 Å². The molecule has 1 aromatic heterocycles. The van der Waals surface area contributed by atoms with E-state index in [4.69, 9.17) is 11.6 Å². The van der Waals surface area contributed by atoms with E-state index in [2.05, 4.69) is 21.3 Å². The third kappa shape index (κ3) is 1.90. The molecular formula is C9H9ClN2O2. The molecule has 0 unspecified atom stereocenters. The van der Waals surface area contributed by atoms with Crippen molar-refractivity contribution in [1.82, 2.24) is 9.97 Å². The molecule has 0 aliphatic carbocycles. The van der Waals surface area contributed by atoms with Crippen molar-refractivity contribution in [3.05, 3.63) is 29.3 Å². The molecule has 0 spiro atoms. The molecule has 14 heavy (non-hydrogen) atoms. The Morgan fingerprint density at radius 1 is 1.57 bits per heavy atom. The number of hydrogen-bond donors (Lipinski definition) is 0. The second-order valence-electron chi connectivity index (χ2n) is 2.60. The number of hydrogen-bond acceptors (Lipinski definition) is 4. The van der Waals surface area contributed by atoms with Gasteiger partial charge >= 0.3 is 5.97 Å². The van der Waals surface area contributed by atoms with Gasteiger partial charge in [-0.2, -0.15) is 0 Å². The normalized spacial score (nSPS) is 9.64. The first-order valence-corrected chi connectivity index (χ1v) is 4.20. The Morgan fingerprint density at radius 3 is 2.71 bits per heavy atom. The molecule has 0 aliphatic heterocycles. The summed E-state index contributed by atoms with van der Waals surface area (Å²) in [6.07, 6.45) is 1.33. The van der Waals surface area contributed by atoms with Gasteiger partial charge in [0.1, 0.15) is 11.5 Å². The second-order valence-corrected chi connectivity index (χ2v) is 2.95. The fraction of sp³-hybridized carbons (Fsp3) is 0.222. The van der Waals surface area contributed by atoms with Gasteiger partial charge in [0.05, 0.1) is 18.4 Å². The van der Waals surface area contributed by atoms with E-state index in [9.17, 15) is 4.79 Å². The highest BCUT2D eigenvalue weighted by Gasteiger charge is 2.16. The number of ether oxygens (including phenoxy) is 1. The minimum atomic E-state index is -0.537. The van der Waals surface area contributed by atoms with Crippen LogP contribution in [0.25, 0.3) is 5.57 Å². The third-order valence-corrected chi connectivity index (χ3v) is 2.01. The molecule has 1 heterocycles. The minimum Gasteiger partial charge on any atom is -0.465 e. The largest absolute Gasteiger partial charge is 0.465 e. The van der Waals surface area contributed by atoms with Crippen LogP contribution in [0.1, 0.15) is 11.3 Å². The molecule has 0 aromatic carbocycles. The number of esters is 1. The standard InChI is InChI=1S/C9H9ClN2O2/c1-5(9(13)14-3)7-6(2)11-4-12-8(7)10/h4H,1H2,2-3H3. The van der Waals surface area contributed by atoms with Crippen LogP contribution in [0.2, 0.25) is 5.15 Å². The van der Waals surface area contributed by atoms with Crippen molar-refractivity contribution in [2.45, 2.75) is 6.92 Å². The summed E-state index contributed by atoms with van der Waals surface area (Å²) in [4.78, 5) is 18.9. The van der Waals surface area contributed by atoms with Crippen molar-refractivity contribution >= 4 is 23.1 Å². The molecule has 4 nitrogen and oxygen atoms in total. The van der Waals surface area contributed by atoms with Gasteiger partial charge in [0.25, 0.3) is 0 Å². The van der Waals surface area contributed by atoms with Crippen LogP contribution in [0.5, 0.6) is 0 Å². The summed E-state index contributed by atoms with van der Waals surface area (Å²) in [5.74, 6) is -0.537. The molecule has 0 amide bonds. The number of rotatable bonds is 2. The molecule has 0 bridgehead atoms. The van der Waals surface area contributed by atoms with Gasteiger partial charge in [-0.05, 0) is 6.92 Å². The van der Waals surface area contributed by atoms with Crippen molar-refractivity contribution < 1.29 is 9.53 Å². The number of carbonyl (C=O) groups excluding carboxylic acids is 1. The van der Waals surface area contributed by atoms with Crippen molar-refractivity contribution in [2.75, 3.05) is 7.11 Å². The highest BCUT2D eigenvalue weighted by atomic mass is 35.5. The van der Waals surface area contributed by atoms with Crippen LogP contribution in [0.4, 0.5) is 0 Å². The molecule has 0 atom stereocenters. The topological polar surface area (TPSA) is 52.1 Å². The Balaban J connectivity index is 3.19. The van der Waals surface area contributed by atoms with Gasteiger partial charge in [-0.25, -0.2) is 14.8 Å². The number of halogens is 1. The Hall–Kier alpha value is -1.42. The van der Waals surface area contributed by atoms with Gasteiger partial charge in [0, 0.05) is 5.56 Å². The third-order valence-electron chi connectivity index (χ3n) is 1.72. The summed E-state index contributed by atoms with van der Waals surface area (Å²) < 4.78 is 4.52. The maximum Gasteiger partial charge on any atom is 0.338 e. The molecule has 0 saturated carbocycles. The number of aryl methyl sites for hydroxylation is 1. The summed E-state index contributed by atoms with van der Waals surface area (Å²) in [6, 6.07) is 0. The van der Waals surface area contributed by atoms with Gasteiger partial charge in [-0.1, -0.05) is 18.2 Å². The second kappa shape index (κ2) is 4.19. The van der Waals surface area contributed by atoms with Crippen LogP contribution < -0.4 is 0 Å². The number of aromatic nitrogens is 2. The quantitative estimate of drug-likeness (QED) is 0.425. The molecule has 0 saturated heterocycles. The first-order valence-electron chi connectivity index (χ1n) is 3.82. The molecule has 0 radical (unpaired) electrons. The van der Waals surface area contributed by atoms with Crippen LogP contribution in [0, 0.1) is 6.92 Å². The number of methoxy groups -OCH3 is 1. The fourth-order valence-corrected chi connectivity index (χ4v) is 1.31. The molecule has 1 rings (SSSR count). The molecular weight excluding hydrogens is 204 g/mol. The van der Waals surface area contributed by atoms with E-state index in [1.165, 1.54) is 13.4 Å². The van der Waals surface area contributed by atoms with Crippen molar-refractivity contribution in [2.24, 2.45) is 0 Å². The molecule has 0 N–H and O–H groups in total. The van der Waals surface area contributed by atoms with Crippen LogP contribution in [-0.2, 0) is 9.53 Å². The fourth-order valence-electron chi connectivity index (χ4n) is 1.01. The summed E-state index contributed by atoms with van der Waals surface area (Å²) in [6.45, 7) is 5.30. The van der Waals surface area contributed by atoms with Crippen molar-refractivity contribution in [1.29, 1.82) is 0 Å². The average molecular weight is 213 g/mol. The summed E-state index contributed by atoms with van der Waals surface area (Å²) in [7, 11) is 1.28. The first-order chi connectivity index (χ1) is 6.57. The lowest BCUT2D eigenvalue weighted by Gasteiger charge is -2.07. The highest BCUT2D eigenvalue weighted by Crippen LogP contribution is 2.23. The average Bonchev–Trinajstić information content (AvgIpc) is 2.16. The van der Waals surface area contributed by atoms with E-state index in [0.717, 1.165) is 0 Å². The predicted octanol–water partition coefficient (Wildman–Crippen LogP) is 1.62. The Bertz CT molecular complexity index is 370. The monoisotopic (exact) mass is 212 g/mol. The number of carbonyl (C=O) groups is 1. The minimum absolute atomic E-state index is 0.163. The van der Waals surface area contributed by atoms with E-state index >= 15 is 0 Å². The Morgan fingerprint density at radius 2 is 2.21 bits per heavy atom. The van der Waals surface area contributed by atoms with E-state index < -0.39 is 5.97 Å². The highest BCUT2D eigenvalue weighted by molar-refractivity contribution is 6.33. The van der Waals surface area contributed by atoms with E-state index in [0.29, 0.717) is 11.3 Å². The van der Waals surface area contributed by atoms with E-state index in [-0.39, 0.29) is 10.7 Å². The first kappa shape index (κ1) is 10.7. The maximum absolute atomic E-state index is 11.2. The van der Waals surface area contributed by atoms with Gasteiger partial charge in [-0.15, -0.1) is 0 Å². The summed E-state index contributed by atoms with van der Waals surface area (Å²) >= 11 is 5.81. The van der Waals surface area contributed by atoms with Crippen LogP contribution in [0.3, 0.4) is 0 Å². The molecule has 74 valence electrons. The number of nitrogens with zero attached hydrogens (tertiary/aromatic N) is 2. The SMILES string of the molecule is C=C(C(=O)OC)c1c(C)ncnc1Cl. The van der Waals surface area contributed by atoms with Crippen molar-refractivity contribution in [3.8, 4) is 0 Å². The zero-order chi connectivity index (χ0) is 10.7. The maximum atomic E-state index is 11.2. The Kier molecular flexibility index (Phi) is 3.19. The van der Waals surface area contributed by atoms with Crippen LogP contribution in [-0.4, -0.2) is 23.0 Å².